The Morgan fingerprint density at radius 2 is 1.81 bits per heavy atom. The molecule has 4 heterocycles. The molecule has 0 aliphatic carbocycles. The van der Waals surface area contributed by atoms with Gasteiger partial charge in [-0.1, -0.05) is 24.8 Å². The molecule has 1 unspecified atom stereocenters. The molecule has 3 aliphatic rings. The summed E-state index contributed by atoms with van der Waals surface area (Å²) in [5.41, 5.74) is 6.16. The highest BCUT2D eigenvalue weighted by Gasteiger charge is 2.35. The summed E-state index contributed by atoms with van der Waals surface area (Å²) in [5, 5.41) is 3.07. The average molecular weight is 708 g/mol. The van der Waals surface area contributed by atoms with Gasteiger partial charge in [0.05, 0.1) is 30.9 Å². The van der Waals surface area contributed by atoms with Crippen LogP contribution in [0.5, 0.6) is 23.0 Å². The molecule has 3 aromatic carbocycles. The van der Waals surface area contributed by atoms with Crippen molar-refractivity contribution in [2.45, 2.75) is 12.5 Å². The minimum Gasteiger partial charge on any atom is -0.493 e. The minimum atomic E-state index is -0.672. The van der Waals surface area contributed by atoms with E-state index in [1.54, 1.807) is 52.1 Å². The third-order valence-electron chi connectivity index (χ3n) is 9.58. The van der Waals surface area contributed by atoms with Crippen LogP contribution < -0.4 is 35.6 Å². The number of anilines is 1. The molecule has 2 amide bonds. The lowest BCUT2D eigenvalue weighted by molar-refractivity contribution is 0.0667. The summed E-state index contributed by atoms with van der Waals surface area (Å²) in [6, 6.07) is 13.1. The maximum absolute atomic E-state index is 16.4. The van der Waals surface area contributed by atoms with Gasteiger partial charge in [0.25, 0.3) is 11.8 Å². The van der Waals surface area contributed by atoms with Crippen molar-refractivity contribution in [1.82, 2.24) is 19.7 Å². The fourth-order valence-corrected chi connectivity index (χ4v) is 7.01. The molecule has 0 spiro atoms. The lowest BCUT2D eigenvalue weighted by Crippen LogP contribution is -2.48. The van der Waals surface area contributed by atoms with E-state index < -0.39 is 17.2 Å². The van der Waals surface area contributed by atoms with Crippen LogP contribution in [0.2, 0.25) is 0 Å². The van der Waals surface area contributed by atoms with Crippen LogP contribution in [0.15, 0.2) is 89.2 Å². The third-order valence-corrected chi connectivity index (χ3v) is 9.58. The number of amides is 2. The summed E-state index contributed by atoms with van der Waals surface area (Å²) in [7, 11) is 2.97. The Bertz CT molecular complexity index is 2210. The molecule has 0 saturated carbocycles. The molecule has 4 aromatic rings. The number of carbonyl (C=O) groups excluding carboxylic acids is 2. The number of piperazine rings is 1. The number of aromatic nitrogens is 1. The Morgan fingerprint density at radius 3 is 2.56 bits per heavy atom. The summed E-state index contributed by atoms with van der Waals surface area (Å²) in [6.07, 6.45) is 6.57. The van der Waals surface area contributed by atoms with E-state index in [1.165, 1.54) is 32.7 Å². The van der Waals surface area contributed by atoms with Crippen molar-refractivity contribution in [3.05, 3.63) is 107 Å². The van der Waals surface area contributed by atoms with Gasteiger partial charge in [0, 0.05) is 57.7 Å². The van der Waals surface area contributed by atoms with Crippen LogP contribution in [0.4, 0.5) is 10.1 Å². The molecular formula is C38H38FN7O6. The van der Waals surface area contributed by atoms with Gasteiger partial charge < -0.3 is 44.5 Å². The van der Waals surface area contributed by atoms with Crippen LogP contribution in [-0.4, -0.2) is 91.9 Å². The van der Waals surface area contributed by atoms with E-state index >= 15 is 4.39 Å². The highest BCUT2D eigenvalue weighted by molar-refractivity contribution is 6.01. The molecule has 1 atom stereocenters. The summed E-state index contributed by atoms with van der Waals surface area (Å²) in [5.74, 6) is 0.434. The molecule has 14 heteroatoms. The van der Waals surface area contributed by atoms with Crippen molar-refractivity contribution in [2.24, 2.45) is 10.7 Å². The van der Waals surface area contributed by atoms with E-state index in [0.29, 0.717) is 79.0 Å². The topological polar surface area (TPSA) is 144 Å². The number of nitrogens with one attached hydrogen (secondary N) is 1. The number of carbonyl (C=O) groups is 2. The van der Waals surface area contributed by atoms with Crippen LogP contribution in [0.1, 0.15) is 27.1 Å². The molecule has 7 rings (SSSR count). The highest BCUT2D eigenvalue weighted by Crippen LogP contribution is 2.47. The Hall–Kier alpha value is -6.31. The Labute approximate surface area is 299 Å². The number of halogens is 1. The van der Waals surface area contributed by atoms with E-state index in [0.717, 1.165) is 0 Å². The molecule has 1 aromatic heterocycles. The zero-order chi connectivity index (χ0) is 36.5. The van der Waals surface area contributed by atoms with Crippen molar-refractivity contribution in [3.8, 4) is 28.7 Å². The van der Waals surface area contributed by atoms with Crippen molar-refractivity contribution in [1.29, 1.82) is 0 Å². The number of nitrogens with zero attached hydrogens (tertiary/aromatic N) is 5. The Morgan fingerprint density at radius 1 is 1.04 bits per heavy atom. The number of methoxy groups -OCH3 is 2. The number of rotatable bonds is 9. The second kappa shape index (κ2) is 14.1. The summed E-state index contributed by atoms with van der Waals surface area (Å²) >= 11 is 0. The van der Waals surface area contributed by atoms with E-state index in [2.05, 4.69) is 16.9 Å². The smallest absolute Gasteiger partial charge is 0.259 e. The van der Waals surface area contributed by atoms with Crippen LogP contribution in [0, 0.1) is 5.82 Å². The number of pyridine rings is 1. The number of allylic oxidation sites excluding steroid dienone is 1. The summed E-state index contributed by atoms with van der Waals surface area (Å²) in [6.45, 7) is 6.31. The molecular weight excluding hydrogens is 669 g/mol. The van der Waals surface area contributed by atoms with E-state index in [1.807, 2.05) is 21.9 Å². The molecule has 0 radical (unpaired) electrons. The van der Waals surface area contributed by atoms with Crippen molar-refractivity contribution >= 4 is 34.6 Å². The predicted octanol–water partition coefficient (Wildman–Crippen LogP) is 4.03. The first kappa shape index (κ1) is 34.2. The van der Waals surface area contributed by atoms with Crippen molar-refractivity contribution in [2.75, 3.05) is 58.4 Å². The quantitative estimate of drug-likeness (QED) is 0.217. The summed E-state index contributed by atoms with van der Waals surface area (Å²) in [4.78, 5) is 50.9. The zero-order valence-corrected chi connectivity index (χ0v) is 28.8. The lowest BCUT2D eigenvalue weighted by atomic mass is 10.0. The van der Waals surface area contributed by atoms with Crippen molar-refractivity contribution < 1.29 is 28.2 Å². The van der Waals surface area contributed by atoms with Gasteiger partial charge in [-0.3, -0.25) is 14.4 Å². The standard InChI is InChI=1S/C38H38FN7O6/c1-23(41-14-7-13-40)43-16-18-44(19-17-43)38(49)27-22-46-29-9-4-5-10-30(29)52-36-32(46)26(34(27)47)20-28(39)33(36)45-15-12-24(21-45)42-37(48)25-8-6-11-31(50-2)35(25)51-3/h4-11,13-14,20,22,24H,1,12,15-19,21,40H2,2-3H3,(H,42,48)/b13-7-,41-14?. The minimum absolute atomic E-state index is 0.0279. The SMILES string of the molecule is C=C(N=C/C=C\N)N1CCN(C(=O)c2cn3c4c(c(N5CCC(NC(=O)c6cccc(OC)c6OC)C5)c(F)cc4c2=O)Oc2ccccc2-3)CC1. The molecule has 2 saturated heterocycles. The Balaban J connectivity index is 1.19. The maximum Gasteiger partial charge on any atom is 0.259 e. The van der Waals surface area contributed by atoms with Gasteiger partial charge in [-0.05, 0) is 49.0 Å². The van der Waals surface area contributed by atoms with Crippen LogP contribution in [0.3, 0.4) is 0 Å². The monoisotopic (exact) mass is 707 g/mol. The number of aliphatic imine (C=N–C) groups is 1. The van der Waals surface area contributed by atoms with E-state index in [9.17, 15) is 14.4 Å². The van der Waals surface area contributed by atoms with Gasteiger partial charge >= 0.3 is 0 Å². The van der Waals surface area contributed by atoms with Gasteiger partial charge in [0.15, 0.2) is 28.8 Å². The number of ether oxygens (including phenoxy) is 3. The predicted molar refractivity (Wildman–Crippen MR) is 196 cm³/mol. The molecule has 13 nitrogen and oxygen atoms in total. The lowest BCUT2D eigenvalue weighted by Gasteiger charge is -2.36. The first-order chi connectivity index (χ1) is 25.2. The number of hydrogen-bond donors (Lipinski definition) is 2. The third kappa shape index (κ3) is 6.05. The molecule has 3 aliphatic heterocycles. The molecule has 2 fully saturated rings. The fourth-order valence-electron chi connectivity index (χ4n) is 7.01. The average Bonchev–Trinajstić information content (AvgIpc) is 3.62. The number of para-hydroxylation sites is 3. The number of fused-ring (bicyclic) bond motifs is 2. The summed E-state index contributed by atoms with van der Waals surface area (Å²) < 4.78 is 35.3. The van der Waals surface area contributed by atoms with Crippen LogP contribution in [-0.2, 0) is 0 Å². The second-order valence-corrected chi connectivity index (χ2v) is 12.5. The molecule has 52 heavy (non-hydrogen) atoms. The Kier molecular flexibility index (Phi) is 9.28. The zero-order valence-electron chi connectivity index (χ0n) is 28.8. The first-order valence-electron chi connectivity index (χ1n) is 16.8. The van der Waals surface area contributed by atoms with Gasteiger partial charge in [-0.25, -0.2) is 9.38 Å². The van der Waals surface area contributed by atoms with Gasteiger partial charge in [0.2, 0.25) is 5.43 Å². The maximum atomic E-state index is 16.4. The van der Waals surface area contributed by atoms with Crippen molar-refractivity contribution in [3.63, 3.8) is 0 Å². The van der Waals surface area contributed by atoms with Gasteiger partial charge in [-0.15, -0.1) is 0 Å². The largest absolute Gasteiger partial charge is 0.493 e. The van der Waals surface area contributed by atoms with E-state index in [-0.39, 0.29) is 40.9 Å². The first-order valence-corrected chi connectivity index (χ1v) is 16.8. The molecule has 0 bridgehead atoms. The number of benzene rings is 3. The highest BCUT2D eigenvalue weighted by atomic mass is 19.1. The van der Waals surface area contributed by atoms with Gasteiger partial charge in [-0.2, -0.15) is 0 Å². The number of nitrogens with two attached hydrogens (primary N) is 1. The fraction of sp³-hybridized carbons (Fsp3) is 0.263. The van der Waals surface area contributed by atoms with Crippen LogP contribution >= 0.6 is 0 Å². The van der Waals surface area contributed by atoms with E-state index in [4.69, 9.17) is 19.9 Å². The molecule has 268 valence electrons. The number of hydrogen-bond acceptors (Lipinski definition) is 10. The second-order valence-electron chi connectivity index (χ2n) is 12.5. The van der Waals surface area contributed by atoms with Gasteiger partial charge in [0.1, 0.15) is 22.6 Å². The van der Waals surface area contributed by atoms with Crippen LogP contribution in [0.25, 0.3) is 16.6 Å². The molecule has 3 N–H and O–H groups in total. The normalized spacial score (nSPS) is 16.7.